The zero-order chi connectivity index (χ0) is 18.5. The van der Waals surface area contributed by atoms with Gasteiger partial charge < -0.3 is 15.4 Å². The molecule has 2 N–H and O–H groups in total. The van der Waals surface area contributed by atoms with Gasteiger partial charge in [0.25, 0.3) is 0 Å². The number of amides is 2. The summed E-state index contributed by atoms with van der Waals surface area (Å²) >= 11 is 6.05. The van der Waals surface area contributed by atoms with E-state index in [2.05, 4.69) is 20.6 Å². The van der Waals surface area contributed by atoms with Gasteiger partial charge >= 0.3 is 12.0 Å². The van der Waals surface area contributed by atoms with Crippen LogP contribution in [0.1, 0.15) is 11.4 Å². The van der Waals surface area contributed by atoms with Crippen molar-refractivity contribution in [2.24, 2.45) is 0 Å². The third kappa shape index (κ3) is 4.29. The zero-order valence-electron chi connectivity index (χ0n) is 14.3. The van der Waals surface area contributed by atoms with Crippen molar-refractivity contribution in [2.45, 2.75) is 13.8 Å². The topological polar surface area (TPSA) is 76.1 Å². The number of nitrogens with one attached hydrogen (secondary N) is 2. The molecule has 7 heteroatoms. The molecule has 0 saturated carbocycles. The Bertz CT molecular complexity index is 909. The van der Waals surface area contributed by atoms with Gasteiger partial charge in [0.05, 0.1) is 27.8 Å². The fraction of sp³-hybridized carbons (Fsp3) is 0.105. The third-order valence-electron chi connectivity index (χ3n) is 3.56. The van der Waals surface area contributed by atoms with E-state index in [4.69, 9.17) is 16.3 Å². The summed E-state index contributed by atoms with van der Waals surface area (Å²) in [6.07, 6.45) is 0. The number of halogens is 1. The molecule has 1 heterocycles. The Labute approximate surface area is 156 Å². The lowest BCUT2D eigenvalue weighted by Crippen LogP contribution is -2.21. The summed E-state index contributed by atoms with van der Waals surface area (Å²) < 4.78 is 5.64. The summed E-state index contributed by atoms with van der Waals surface area (Å²) in [7, 11) is 0. The first kappa shape index (κ1) is 17.7. The zero-order valence-corrected chi connectivity index (χ0v) is 15.0. The molecule has 0 aliphatic carbocycles. The van der Waals surface area contributed by atoms with Crippen LogP contribution < -0.4 is 15.4 Å². The van der Waals surface area contributed by atoms with E-state index in [1.807, 2.05) is 30.3 Å². The minimum absolute atomic E-state index is 0.225. The lowest BCUT2D eigenvalue weighted by Gasteiger charge is -2.13. The quantitative estimate of drug-likeness (QED) is 0.665. The predicted octanol–water partition coefficient (Wildman–Crippen LogP) is 5.18. The molecule has 0 saturated heterocycles. The van der Waals surface area contributed by atoms with Gasteiger partial charge in [0.1, 0.15) is 5.75 Å². The second-order valence-corrected chi connectivity index (χ2v) is 5.93. The molecule has 0 aliphatic heterocycles. The molecule has 0 unspecified atom stereocenters. The van der Waals surface area contributed by atoms with Gasteiger partial charge in [-0.1, -0.05) is 41.9 Å². The molecule has 3 aromatic rings. The summed E-state index contributed by atoms with van der Waals surface area (Å²) in [4.78, 5) is 20.9. The van der Waals surface area contributed by atoms with Crippen molar-refractivity contribution >= 4 is 29.0 Å². The average molecular weight is 369 g/mol. The molecule has 0 spiro atoms. The molecule has 26 heavy (non-hydrogen) atoms. The van der Waals surface area contributed by atoms with Crippen LogP contribution in [0.25, 0.3) is 0 Å². The van der Waals surface area contributed by atoms with Gasteiger partial charge in [-0.15, -0.1) is 0 Å². The van der Waals surface area contributed by atoms with E-state index >= 15 is 0 Å². The molecule has 3 rings (SSSR count). The maximum Gasteiger partial charge on any atom is 0.323 e. The van der Waals surface area contributed by atoms with E-state index < -0.39 is 6.03 Å². The van der Waals surface area contributed by atoms with E-state index in [0.29, 0.717) is 33.5 Å². The fourth-order valence-corrected chi connectivity index (χ4v) is 2.52. The minimum Gasteiger partial charge on any atom is -0.424 e. The maximum absolute atomic E-state index is 12.2. The van der Waals surface area contributed by atoms with E-state index in [1.165, 1.54) is 0 Å². The number of para-hydroxylation sites is 2. The number of benzene rings is 2. The van der Waals surface area contributed by atoms with Gasteiger partial charge in [-0.3, -0.25) is 0 Å². The van der Waals surface area contributed by atoms with Crippen molar-refractivity contribution in [1.82, 2.24) is 9.97 Å². The van der Waals surface area contributed by atoms with E-state index in [1.54, 1.807) is 38.1 Å². The number of hydrogen-bond acceptors (Lipinski definition) is 4. The molecule has 132 valence electrons. The Morgan fingerprint density at radius 1 is 0.923 bits per heavy atom. The summed E-state index contributed by atoms with van der Waals surface area (Å²) in [6.45, 7) is 3.55. The third-order valence-corrected chi connectivity index (χ3v) is 3.89. The first-order chi connectivity index (χ1) is 12.5. The summed E-state index contributed by atoms with van der Waals surface area (Å²) in [5.74, 6) is 0.642. The highest BCUT2D eigenvalue weighted by Crippen LogP contribution is 2.24. The molecule has 2 amide bonds. The lowest BCUT2D eigenvalue weighted by atomic mass is 10.3. The molecule has 0 atom stereocenters. The number of carbonyl (C=O) groups is 1. The molecular weight excluding hydrogens is 352 g/mol. The number of aromatic nitrogens is 2. The van der Waals surface area contributed by atoms with Crippen LogP contribution in [0, 0.1) is 13.8 Å². The Balaban J connectivity index is 1.74. The SMILES string of the molecule is Cc1nc(Oc2ccccc2)nc(C)c1NC(=O)Nc1ccccc1Cl. The predicted molar refractivity (Wildman–Crippen MR) is 102 cm³/mol. The second-order valence-electron chi connectivity index (χ2n) is 5.53. The number of aryl methyl sites for hydroxylation is 2. The highest BCUT2D eigenvalue weighted by atomic mass is 35.5. The second kappa shape index (κ2) is 7.84. The molecule has 6 nitrogen and oxygen atoms in total. The smallest absolute Gasteiger partial charge is 0.323 e. The molecular formula is C19H17ClN4O2. The van der Waals surface area contributed by atoms with Crippen LogP contribution in [0.2, 0.25) is 5.02 Å². The first-order valence-electron chi connectivity index (χ1n) is 7.93. The molecule has 0 fully saturated rings. The molecule has 0 radical (unpaired) electrons. The Kier molecular flexibility index (Phi) is 5.34. The monoisotopic (exact) mass is 368 g/mol. The van der Waals surface area contributed by atoms with Crippen LogP contribution in [0.5, 0.6) is 11.8 Å². The van der Waals surface area contributed by atoms with Crippen LogP contribution >= 0.6 is 11.6 Å². The molecule has 0 bridgehead atoms. The minimum atomic E-state index is -0.426. The maximum atomic E-state index is 12.2. The van der Waals surface area contributed by atoms with Crippen LogP contribution in [0.3, 0.4) is 0 Å². The normalized spacial score (nSPS) is 10.3. The number of nitrogens with zero attached hydrogens (tertiary/aromatic N) is 2. The van der Waals surface area contributed by atoms with Crippen molar-refractivity contribution in [3.63, 3.8) is 0 Å². The first-order valence-corrected chi connectivity index (χ1v) is 8.31. The summed E-state index contributed by atoms with van der Waals surface area (Å²) in [5.41, 5.74) is 2.23. The van der Waals surface area contributed by atoms with Gasteiger partial charge in [-0.05, 0) is 38.1 Å². The summed E-state index contributed by atoms with van der Waals surface area (Å²) in [6, 6.07) is 16.1. The van der Waals surface area contributed by atoms with Gasteiger partial charge in [-0.2, -0.15) is 9.97 Å². The van der Waals surface area contributed by atoms with Gasteiger partial charge in [0.2, 0.25) is 0 Å². The van der Waals surface area contributed by atoms with Crippen molar-refractivity contribution in [2.75, 3.05) is 10.6 Å². The number of urea groups is 1. The largest absolute Gasteiger partial charge is 0.424 e. The van der Waals surface area contributed by atoms with E-state index in [9.17, 15) is 4.79 Å². The number of hydrogen-bond donors (Lipinski definition) is 2. The van der Waals surface area contributed by atoms with Gasteiger partial charge in [-0.25, -0.2) is 4.79 Å². The van der Waals surface area contributed by atoms with Crippen LogP contribution in [0.15, 0.2) is 54.6 Å². The van der Waals surface area contributed by atoms with Crippen molar-refractivity contribution in [3.8, 4) is 11.8 Å². The van der Waals surface area contributed by atoms with E-state index in [-0.39, 0.29) is 6.01 Å². The highest BCUT2D eigenvalue weighted by molar-refractivity contribution is 6.33. The number of ether oxygens (including phenoxy) is 1. The number of carbonyl (C=O) groups excluding carboxylic acids is 1. The van der Waals surface area contributed by atoms with Crippen molar-refractivity contribution < 1.29 is 9.53 Å². The average Bonchev–Trinajstić information content (AvgIpc) is 2.61. The standard InChI is InChI=1S/C19H17ClN4O2/c1-12-17(24-18(25)23-16-11-7-6-10-15(16)20)13(2)22-19(21-12)26-14-8-4-3-5-9-14/h3-11H,1-2H3,(H2,23,24,25). The van der Waals surface area contributed by atoms with Gasteiger partial charge in [0.15, 0.2) is 0 Å². The highest BCUT2D eigenvalue weighted by Gasteiger charge is 2.13. The summed E-state index contributed by atoms with van der Waals surface area (Å²) in [5, 5.41) is 5.91. The lowest BCUT2D eigenvalue weighted by molar-refractivity contribution is 0.262. The Morgan fingerprint density at radius 3 is 2.19 bits per heavy atom. The van der Waals surface area contributed by atoms with Crippen LogP contribution in [0.4, 0.5) is 16.2 Å². The van der Waals surface area contributed by atoms with Crippen molar-refractivity contribution in [3.05, 3.63) is 71.0 Å². The van der Waals surface area contributed by atoms with E-state index in [0.717, 1.165) is 0 Å². The molecule has 2 aromatic carbocycles. The van der Waals surface area contributed by atoms with Crippen LogP contribution in [-0.4, -0.2) is 16.0 Å². The van der Waals surface area contributed by atoms with Crippen molar-refractivity contribution in [1.29, 1.82) is 0 Å². The molecule has 0 aliphatic rings. The van der Waals surface area contributed by atoms with Gasteiger partial charge in [0, 0.05) is 0 Å². The Morgan fingerprint density at radius 2 is 1.54 bits per heavy atom. The Hall–Kier alpha value is -3.12. The number of rotatable bonds is 4. The fourth-order valence-electron chi connectivity index (χ4n) is 2.34. The molecule has 1 aromatic heterocycles. The number of anilines is 2. The van der Waals surface area contributed by atoms with Crippen LogP contribution in [-0.2, 0) is 0 Å².